The third-order valence-corrected chi connectivity index (χ3v) is 3.18. The van der Waals surface area contributed by atoms with Crippen LogP contribution in [0.1, 0.15) is 22.3 Å². The Labute approximate surface area is 118 Å². The summed E-state index contributed by atoms with van der Waals surface area (Å²) in [7, 11) is 1.28. The molecule has 102 valence electrons. The van der Waals surface area contributed by atoms with Crippen molar-refractivity contribution in [2.24, 2.45) is 0 Å². The van der Waals surface area contributed by atoms with Crippen LogP contribution in [0.2, 0.25) is 0 Å². The summed E-state index contributed by atoms with van der Waals surface area (Å²) >= 11 is 0. The largest absolute Gasteiger partial charge is 0.469 e. The van der Waals surface area contributed by atoms with E-state index in [-0.39, 0.29) is 12.2 Å². The molecule has 0 amide bonds. The lowest BCUT2D eigenvalue weighted by molar-refractivity contribution is -0.139. The SMILES string of the molecule is COC(=O)CC(=O)c1cc(-c2ccccc2)ccc1C. The summed E-state index contributed by atoms with van der Waals surface area (Å²) < 4.78 is 4.54. The number of carbonyl (C=O) groups is 2. The topological polar surface area (TPSA) is 43.4 Å². The lowest BCUT2D eigenvalue weighted by Crippen LogP contribution is -2.10. The molecule has 0 aliphatic heterocycles. The van der Waals surface area contributed by atoms with Gasteiger partial charge in [0.25, 0.3) is 0 Å². The molecular weight excluding hydrogens is 252 g/mol. The van der Waals surface area contributed by atoms with Gasteiger partial charge in [0.05, 0.1) is 7.11 Å². The van der Waals surface area contributed by atoms with Crippen molar-refractivity contribution in [3.8, 4) is 11.1 Å². The summed E-state index contributed by atoms with van der Waals surface area (Å²) in [5, 5.41) is 0. The number of carbonyl (C=O) groups excluding carboxylic acids is 2. The van der Waals surface area contributed by atoms with Crippen LogP contribution in [0.15, 0.2) is 48.5 Å². The van der Waals surface area contributed by atoms with E-state index in [2.05, 4.69) is 4.74 Å². The maximum absolute atomic E-state index is 12.1. The number of rotatable bonds is 4. The van der Waals surface area contributed by atoms with Gasteiger partial charge < -0.3 is 4.74 Å². The minimum absolute atomic E-state index is 0.216. The zero-order chi connectivity index (χ0) is 14.5. The van der Waals surface area contributed by atoms with Crippen molar-refractivity contribution in [2.75, 3.05) is 7.11 Å². The van der Waals surface area contributed by atoms with Gasteiger partial charge in [-0.3, -0.25) is 9.59 Å². The van der Waals surface area contributed by atoms with Gasteiger partial charge in [0, 0.05) is 5.56 Å². The van der Waals surface area contributed by atoms with Crippen molar-refractivity contribution >= 4 is 11.8 Å². The summed E-state index contributed by atoms with van der Waals surface area (Å²) in [6.07, 6.45) is -0.227. The van der Waals surface area contributed by atoms with Gasteiger partial charge in [0.2, 0.25) is 0 Å². The van der Waals surface area contributed by atoms with E-state index in [1.807, 2.05) is 55.5 Å². The predicted octanol–water partition coefficient (Wildman–Crippen LogP) is 3.41. The molecule has 0 aliphatic carbocycles. The Hall–Kier alpha value is -2.42. The molecule has 0 N–H and O–H groups in total. The first kappa shape index (κ1) is 14.0. The molecule has 0 unspecified atom stereocenters. The fraction of sp³-hybridized carbons (Fsp3) is 0.176. The highest BCUT2D eigenvalue weighted by Gasteiger charge is 2.15. The van der Waals surface area contributed by atoms with E-state index >= 15 is 0 Å². The summed E-state index contributed by atoms with van der Waals surface area (Å²) in [6, 6.07) is 15.5. The van der Waals surface area contributed by atoms with Gasteiger partial charge in [-0.2, -0.15) is 0 Å². The molecule has 0 saturated heterocycles. The molecule has 2 rings (SSSR count). The molecule has 0 saturated carbocycles. The molecule has 0 radical (unpaired) electrons. The number of aryl methyl sites for hydroxylation is 1. The molecule has 0 heterocycles. The van der Waals surface area contributed by atoms with Crippen LogP contribution in [0.25, 0.3) is 11.1 Å². The zero-order valence-electron chi connectivity index (χ0n) is 11.6. The van der Waals surface area contributed by atoms with E-state index in [4.69, 9.17) is 0 Å². The number of hydrogen-bond acceptors (Lipinski definition) is 3. The molecule has 0 bridgehead atoms. The van der Waals surface area contributed by atoms with Crippen LogP contribution in [-0.2, 0) is 9.53 Å². The fourth-order valence-electron chi connectivity index (χ4n) is 2.03. The van der Waals surface area contributed by atoms with Gasteiger partial charge in [-0.15, -0.1) is 0 Å². The molecule has 0 aliphatic rings. The minimum Gasteiger partial charge on any atom is -0.469 e. The summed E-state index contributed by atoms with van der Waals surface area (Å²) in [4.78, 5) is 23.3. The molecule has 3 heteroatoms. The van der Waals surface area contributed by atoms with E-state index < -0.39 is 5.97 Å². The fourth-order valence-corrected chi connectivity index (χ4v) is 2.03. The number of ether oxygens (including phenoxy) is 1. The highest BCUT2D eigenvalue weighted by Crippen LogP contribution is 2.23. The Morgan fingerprint density at radius 2 is 1.70 bits per heavy atom. The highest BCUT2D eigenvalue weighted by molar-refractivity contribution is 6.07. The second-order valence-corrected chi connectivity index (χ2v) is 4.57. The molecule has 2 aromatic carbocycles. The summed E-state index contributed by atoms with van der Waals surface area (Å²) in [6.45, 7) is 1.86. The average Bonchev–Trinajstić information content (AvgIpc) is 2.48. The van der Waals surface area contributed by atoms with Gasteiger partial charge in [-0.1, -0.05) is 42.5 Å². The smallest absolute Gasteiger partial charge is 0.313 e. The van der Waals surface area contributed by atoms with Crippen molar-refractivity contribution < 1.29 is 14.3 Å². The Morgan fingerprint density at radius 1 is 1.00 bits per heavy atom. The molecule has 3 nitrogen and oxygen atoms in total. The van der Waals surface area contributed by atoms with E-state index in [0.717, 1.165) is 16.7 Å². The van der Waals surface area contributed by atoms with Gasteiger partial charge in [0.15, 0.2) is 5.78 Å². The first-order valence-corrected chi connectivity index (χ1v) is 6.38. The van der Waals surface area contributed by atoms with E-state index in [1.54, 1.807) is 0 Å². The molecule has 2 aromatic rings. The van der Waals surface area contributed by atoms with Gasteiger partial charge in [-0.05, 0) is 29.7 Å². The number of Topliss-reactive ketones (excluding diaryl/α,β-unsaturated/α-hetero) is 1. The second kappa shape index (κ2) is 6.15. The third-order valence-electron chi connectivity index (χ3n) is 3.18. The maximum atomic E-state index is 12.1. The number of methoxy groups -OCH3 is 1. The minimum atomic E-state index is -0.514. The van der Waals surface area contributed by atoms with Crippen molar-refractivity contribution in [1.29, 1.82) is 0 Å². The Balaban J connectivity index is 2.34. The van der Waals surface area contributed by atoms with Crippen LogP contribution in [0.3, 0.4) is 0 Å². The molecular formula is C17H16O3. The van der Waals surface area contributed by atoms with Gasteiger partial charge in [-0.25, -0.2) is 0 Å². The quantitative estimate of drug-likeness (QED) is 0.485. The van der Waals surface area contributed by atoms with Crippen LogP contribution < -0.4 is 0 Å². The van der Waals surface area contributed by atoms with Crippen molar-refractivity contribution in [3.05, 3.63) is 59.7 Å². The monoisotopic (exact) mass is 268 g/mol. The Morgan fingerprint density at radius 3 is 2.35 bits per heavy atom. The van der Waals surface area contributed by atoms with Crippen molar-refractivity contribution in [3.63, 3.8) is 0 Å². The molecule has 0 fully saturated rings. The number of hydrogen-bond donors (Lipinski definition) is 0. The van der Waals surface area contributed by atoms with Crippen molar-refractivity contribution in [1.82, 2.24) is 0 Å². The first-order chi connectivity index (χ1) is 9.61. The van der Waals surface area contributed by atoms with Crippen LogP contribution in [0.4, 0.5) is 0 Å². The predicted molar refractivity (Wildman–Crippen MR) is 77.6 cm³/mol. The van der Waals surface area contributed by atoms with Gasteiger partial charge >= 0.3 is 5.97 Å². The van der Waals surface area contributed by atoms with Crippen LogP contribution in [-0.4, -0.2) is 18.9 Å². The lowest BCUT2D eigenvalue weighted by atomic mass is 9.96. The van der Waals surface area contributed by atoms with Crippen LogP contribution in [0.5, 0.6) is 0 Å². The standard InChI is InChI=1S/C17H16O3/c1-12-8-9-14(13-6-4-3-5-7-13)10-15(12)16(18)11-17(19)20-2/h3-10H,11H2,1-2H3. The third kappa shape index (κ3) is 3.12. The molecule has 20 heavy (non-hydrogen) atoms. The van der Waals surface area contributed by atoms with Gasteiger partial charge in [0.1, 0.15) is 6.42 Å². The van der Waals surface area contributed by atoms with E-state index in [0.29, 0.717) is 5.56 Å². The molecule has 0 spiro atoms. The van der Waals surface area contributed by atoms with Crippen LogP contribution in [0, 0.1) is 6.92 Å². The average molecular weight is 268 g/mol. The highest BCUT2D eigenvalue weighted by atomic mass is 16.5. The molecule has 0 atom stereocenters. The first-order valence-electron chi connectivity index (χ1n) is 6.38. The number of esters is 1. The normalized spacial score (nSPS) is 10.1. The molecule has 0 aromatic heterocycles. The summed E-state index contributed by atoms with van der Waals surface area (Å²) in [5.41, 5.74) is 3.43. The van der Waals surface area contributed by atoms with E-state index in [9.17, 15) is 9.59 Å². The number of ketones is 1. The second-order valence-electron chi connectivity index (χ2n) is 4.57. The van der Waals surface area contributed by atoms with E-state index in [1.165, 1.54) is 7.11 Å². The Bertz CT molecular complexity index is 630. The van der Waals surface area contributed by atoms with Crippen molar-refractivity contribution in [2.45, 2.75) is 13.3 Å². The van der Waals surface area contributed by atoms with Crippen LogP contribution >= 0.6 is 0 Å². The Kier molecular flexibility index (Phi) is 4.31. The maximum Gasteiger partial charge on any atom is 0.313 e. The zero-order valence-corrected chi connectivity index (χ0v) is 11.6. The lowest BCUT2D eigenvalue weighted by Gasteiger charge is -2.08. The number of benzene rings is 2. The summed E-state index contributed by atoms with van der Waals surface area (Å²) in [5.74, 6) is -0.730.